The summed E-state index contributed by atoms with van der Waals surface area (Å²) in [5, 5.41) is 9.77. The van der Waals surface area contributed by atoms with Crippen LogP contribution in [0.25, 0.3) is 0 Å². The first-order valence-corrected chi connectivity index (χ1v) is 6.97. The molecule has 0 radical (unpaired) electrons. The van der Waals surface area contributed by atoms with Crippen LogP contribution in [0, 0.1) is 5.82 Å². The highest BCUT2D eigenvalue weighted by Crippen LogP contribution is 2.36. The van der Waals surface area contributed by atoms with Crippen LogP contribution in [-0.4, -0.2) is 24.3 Å². The van der Waals surface area contributed by atoms with E-state index in [4.69, 9.17) is 0 Å². The molecule has 1 saturated heterocycles. The Bertz CT molecular complexity index is 555. The minimum absolute atomic E-state index is 0.0582. The molecule has 20 heavy (non-hydrogen) atoms. The van der Waals surface area contributed by atoms with E-state index in [0.29, 0.717) is 5.92 Å². The Kier molecular flexibility index (Phi) is 3.70. The molecule has 0 aliphatic carbocycles. The molecule has 1 aliphatic rings. The van der Waals surface area contributed by atoms with E-state index in [0.717, 1.165) is 18.7 Å². The van der Waals surface area contributed by atoms with Gasteiger partial charge in [-0.15, -0.1) is 0 Å². The molecule has 0 saturated carbocycles. The number of rotatable bonds is 3. The number of benzene rings is 2. The summed E-state index contributed by atoms with van der Waals surface area (Å²) in [5.41, 5.74) is 2.24. The molecule has 3 heteroatoms. The van der Waals surface area contributed by atoms with Crippen molar-refractivity contribution in [3.05, 3.63) is 66.0 Å². The number of hydrogen-bond acceptors (Lipinski definition) is 2. The number of anilines is 1. The van der Waals surface area contributed by atoms with Gasteiger partial charge in [-0.25, -0.2) is 4.39 Å². The molecular formula is C17H18FNO. The Morgan fingerprint density at radius 3 is 2.40 bits per heavy atom. The number of hydrogen-bond donors (Lipinski definition) is 1. The molecule has 1 N–H and O–H groups in total. The highest BCUT2D eigenvalue weighted by atomic mass is 19.1. The fourth-order valence-corrected chi connectivity index (χ4v) is 3.12. The van der Waals surface area contributed by atoms with E-state index in [1.54, 1.807) is 12.1 Å². The highest BCUT2D eigenvalue weighted by Gasteiger charge is 2.34. The van der Waals surface area contributed by atoms with Crippen LogP contribution in [0.4, 0.5) is 10.1 Å². The van der Waals surface area contributed by atoms with Crippen molar-refractivity contribution in [1.29, 1.82) is 0 Å². The zero-order valence-electron chi connectivity index (χ0n) is 11.2. The van der Waals surface area contributed by atoms with E-state index in [-0.39, 0.29) is 18.5 Å². The molecule has 2 aromatic rings. The van der Waals surface area contributed by atoms with E-state index in [1.807, 2.05) is 18.2 Å². The second-order valence-corrected chi connectivity index (χ2v) is 5.23. The molecular weight excluding hydrogens is 253 g/mol. The molecule has 0 bridgehead atoms. The zero-order chi connectivity index (χ0) is 13.9. The van der Waals surface area contributed by atoms with Crippen LogP contribution in [-0.2, 0) is 0 Å². The summed E-state index contributed by atoms with van der Waals surface area (Å²) in [5.74, 6) is 0.0966. The molecule has 1 fully saturated rings. The van der Waals surface area contributed by atoms with Crippen molar-refractivity contribution in [2.75, 3.05) is 18.1 Å². The Morgan fingerprint density at radius 1 is 1.05 bits per heavy atom. The van der Waals surface area contributed by atoms with E-state index < -0.39 is 0 Å². The smallest absolute Gasteiger partial charge is 0.123 e. The van der Waals surface area contributed by atoms with Crippen molar-refractivity contribution >= 4 is 5.69 Å². The topological polar surface area (TPSA) is 23.5 Å². The fraction of sp³-hybridized carbons (Fsp3) is 0.294. The summed E-state index contributed by atoms with van der Waals surface area (Å²) in [6.45, 7) is 0.993. The predicted octanol–water partition coefficient (Wildman–Crippen LogP) is 3.18. The minimum Gasteiger partial charge on any atom is -0.394 e. The van der Waals surface area contributed by atoms with E-state index >= 15 is 0 Å². The third-order valence-electron chi connectivity index (χ3n) is 4.12. The van der Waals surface area contributed by atoms with E-state index in [1.165, 1.54) is 17.7 Å². The molecule has 1 aliphatic heterocycles. The molecule has 3 rings (SSSR count). The van der Waals surface area contributed by atoms with Crippen LogP contribution in [0.5, 0.6) is 0 Å². The lowest BCUT2D eigenvalue weighted by atomic mass is 9.92. The normalized spacial score (nSPS) is 22.2. The summed E-state index contributed by atoms with van der Waals surface area (Å²) in [6, 6.07) is 16.9. The lowest BCUT2D eigenvalue weighted by molar-refractivity contribution is 0.257. The summed E-state index contributed by atoms with van der Waals surface area (Å²) in [4.78, 5) is 2.18. The maximum Gasteiger partial charge on any atom is 0.123 e. The fourth-order valence-electron chi connectivity index (χ4n) is 3.12. The van der Waals surface area contributed by atoms with Crippen molar-refractivity contribution in [3.63, 3.8) is 0 Å². The molecule has 2 atom stereocenters. The Hall–Kier alpha value is -1.87. The largest absolute Gasteiger partial charge is 0.394 e. The average molecular weight is 271 g/mol. The van der Waals surface area contributed by atoms with Crippen molar-refractivity contribution in [2.45, 2.75) is 18.4 Å². The summed E-state index contributed by atoms with van der Waals surface area (Å²) < 4.78 is 13.0. The number of nitrogens with zero attached hydrogens (tertiary/aromatic N) is 1. The Labute approximate surface area is 118 Å². The number of aliphatic hydroxyl groups is 1. The van der Waals surface area contributed by atoms with Gasteiger partial charge in [0.15, 0.2) is 0 Å². The standard InChI is InChI=1S/C17H18FNO/c18-14-6-8-15(9-7-14)19-11-10-16(17(19)12-20)13-4-2-1-3-5-13/h1-9,16-17,20H,10-12H2/t16-,17-/m0/s1. The molecule has 1 heterocycles. The van der Waals surface area contributed by atoms with Gasteiger partial charge < -0.3 is 10.0 Å². The van der Waals surface area contributed by atoms with Crippen molar-refractivity contribution in [2.24, 2.45) is 0 Å². The molecule has 2 aromatic carbocycles. The van der Waals surface area contributed by atoms with Gasteiger partial charge in [0, 0.05) is 18.2 Å². The number of halogens is 1. The van der Waals surface area contributed by atoms with Gasteiger partial charge in [0.25, 0.3) is 0 Å². The van der Waals surface area contributed by atoms with Gasteiger partial charge in [-0.3, -0.25) is 0 Å². The van der Waals surface area contributed by atoms with Crippen LogP contribution >= 0.6 is 0 Å². The minimum atomic E-state index is -0.229. The van der Waals surface area contributed by atoms with Gasteiger partial charge in [0.05, 0.1) is 12.6 Å². The Balaban J connectivity index is 1.86. The molecule has 0 aromatic heterocycles. The molecule has 0 spiro atoms. The van der Waals surface area contributed by atoms with Gasteiger partial charge >= 0.3 is 0 Å². The highest BCUT2D eigenvalue weighted by molar-refractivity contribution is 5.50. The van der Waals surface area contributed by atoms with Crippen LogP contribution in [0.2, 0.25) is 0 Å². The summed E-state index contributed by atoms with van der Waals surface area (Å²) in [7, 11) is 0. The predicted molar refractivity (Wildman–Crippen MR) is 78.4 cm³/mol. The SMILES string of the molecule is OC[C@H]1[C@H](c2ccccc2)CCN1c1ccc(F)cc1. The first-order valence-electron chi connectivity index (χ1n) is 6.97. The lowest BCUT2D eigenvalue weighted by Gasteiger charge is -2.28. The van der Waals surface area contributed by atoms with Crippen molar-refractivity contribution in [1.82, 2.24) is 0 Å². The maximum atomic E-state index is 13.0. The zero-order valence-corrected chi connectivity index (χ0v) is 11.2. The maximum absolute atomic E-state index is 13.0. The van der Waals surface area contributed by atoms with Crippen LogP contribution in [0.15, 0.2) is 54.6 Å². The lowest BCUT2D eigenvalue weighted by Crippen LogP contribution is -2.35. The first kappa shape index (κ1) is 13.1. The van der Waals surface area contributed by atoms with Gasteiger partial charge in [0.2, 0.25) is 0 Å². The van der Waals surface area contributed by atoms with Crippen LogP contribution in [0.3, 0.4) is 0 Å². The van der Waals surface area contributed by atoms with E-state index in [2.05, 4.69) is 17.0 Å². The third kappa shape index (κ3) is 2.41. The van der Waals surface area contributed by atoms with Gasteiger partial charge in [-0.2, -0.15) is 0 Å². The van der Waals surface area contributed by atoms with Crippen molar-refractivity contribution < 1.29 is 9.50 Å². The van der Waals surface area contributed by atoms with Gasteiger partial charge in [-0.05, 0) is 36.2 Å². The molecule has 104 valence electrons. The average Bonchev–Trinajstić information content (AvgIpc) is 2.93. The van der Waals surface area contributed by atoms with Crippen LogP contribution in [0.1, 0.15) is 17.9 Å². The molecule has 0 amide bonds. The van der Waals surface area contributed by atoms with Gasteiger partial charge in [0.1, 0.15) is 5.82 Å². The van der Waals surface area contributed by atoms with Crippen molar-refractivity contribution in [3.8, 4) is 0 Å². The summed E-state index contributed by atoms with van der Waals surface area (Å²) >= 11 is 0. The number of aliphatic hydroxyl groups excluding tert-OH is 1. The summed E-state index contributed by atoms with van der Waals surface area (Å²) in [6.07, 6.45) is 1.01. The van der Waals surface area contributed by atoms with Crippen LogP contribution < -0.4 is 4.90 Å². The second-order valence-electron chi connectivity index (χ2n) is 5.23. The monoisotopic (exact) mass is 271 g/mol. The van der Waals surface area contributed by atoms with E-state index in [9.17, 15) is 9.50 Å². The Morgan fingerprint density at radius 2 is 1.75 bits per heavy atom. The second kappa shape index (κ2) is 5.63. The quantitative estimate of drug-likeness (QED) is 0.926. The molecule has 0 unspecified atom stereocenters. The molecule has 2 nitrogen and oxygen atoms in total. The van der Waals surface area contributed by atoms with Gasteiger partial charge in [-0.1, -0.05) is 30.3 Å². The first-order chi connectivity index (χ1) is 9.79. The third-order valence-corrected chi connectivity index (χ3v) is 4.12.